The van der Waals surface area contributed by atoms with Gasteiger partial charge in [0.15, 0.2) is 5.78 Å². The molecule has 5 rings (SSSR count). The number of hydrogen-bond donors (Lipinski definition) is 3. The maximum Gasteiger partial charge on any atom is 0.327 e. The largest absolute Gasteiger partial charge is 0.344 e. The fourth-order valence-corrected chi connectivity index (χ4v) is 6.00. The van der Waals surface area contributed by atoms with Crippen molar-refractivity contribution in [2.45, 2.75) is 31.6 Å². The number of hydrogen-bond acceptors (Lipinski definition) is 6. The summed E-state index contributed by atoms with van der Waals surface area (Å²) < 4.78 is 0. The molecule has 2 aliphatic rings. The quantitative estimate of drug-likeness (QED) is 0.602. The normalized spacial score (nSPS) is 21.2. The first-order valence-electron chi connectivity index (χ1n) is 9.00. The number of carbonyl (C=O) groups excluding carboxylic acids is 1. The molecule has 0 bridgehead atoms. The maximum absolute atomic E-state index is 13.2. The van der Waals surface area contributed by atoms with E-state index in [1.807, 2.05) is 30.5 Å². The standard InChI is InChI=1S/C20H17N3O3S2/c1-9-4-5-14(28-9)16-15-11(21-18-17(16)19(25)23-20(26)22-18)7-10(8-12(15)24)13-3-2-6-27-13/h2-6,10,16H,7-8H2,1H3,(H3,21,22,23,25,26). The summed E-state index contributed by atoms with van der Waals surface area (Å²) in [6, 6.07) is 8.00. The van der Waals surface area contributed by atoms with Crippen molar-refractivity contribution >= 4 is 34.3 Å². The predicted octanol–water partition coefficient (Wildman–Crippen LogP) is 3.45. The van der Waals surface area contributed by atoms with Crippen molar-refractivity contribution in [1.29, 1.82) is 0 Å². The van der Waals surface area contributed by atoms with E-state index in [2.05, 4.69) is 21.4 Å². The summed E-state index contributed by atoms with van der Waals surface area (Å²) in [6.45, 7) is 2.00. The Morgan fingerprint density at radius 2 is 1.89 bits per heavy atom. The molecule has 0 spiro atoms. The van der Waals surface area contributed by atoms with Gasteiger partial charge in [-0.15, -0.1) is 22.7 Å². The molecule has 1 aliphatic heterocycles. The predicted molar refractivity (Wildman–Crippen MR) is 111 cm³/mol. The summed E-state index contributed by atoms with van der Waals surface area (Å²) in [4.78, 5) is 46.0. The molecule has 3 N–H and O–H groups in total. The van der Waals surface area contributed by atoms with Crippen molar-refractivity contribution in [2.24, 2.45) is 0 Å². The second kappa shape index (κ2) is 6.42. The Labute approximate surface area is 168 Å². The lowest BCUT2D eigenvalue weighted by molar-refractivity contribution is -0.116. The maximum atomic E-state index is 13.2. The van der Waals surface area contributed by atoms with Gasteiger partial charge in [0.1, 0.15) is 5.82 Å². The lowest BCUT2D eigenvalue weighted by Crippen LogP contribution is -2.36. The molecule has 8 heteroatoms. The van der Waals surface area contributed by atoms with Gasteiger partial charge in [0.2, 0.25) is 0 Å². The fourth-order valence-electron chi connectivity index (χ4n) is 4.17. The van der Waals surface area contributed by atoms with Gasteiger partial charge in [0, 0.05) is 38.2 Å². The van der Waals surface area contributed by atoms with E-state index in [-0.39, 0.29) is 11.7 Å². The van der Waals surface area contributed by atoms with Gasteiger partial charge in [-0.2, -0.15) is 0 Å². The van der Waals surface area contributed by atoms with E-state index in [1.165, 1.54) is 4.88 Å². The minimum atomic E-state index is -0.557. The van der Waals surface area contributed by atoms with E-state index in [4.69, 9.17) is 0 Å². The zero-order valence-electron chi connectivity index (χ0n) is 15.0. The molecule has 2 unspecified atom stereocenters. The first kappa shape index (κ1) is 17.4. The summed E-state index contributed by atoms with van der Waals surface area (Å²) in [6.07, 6.45) is 1.11. The number of Topliss-reactive ketones (excluding diaryl/α,β-unsaturated/α-hetero) is 1. The highest BCUT2D eigenvalue weighted by atomic mass is 32.1. The lowest BCUT2D eigenvalue weighted by atomic mass is 9.75. The highest BCUT2D eigenvalue weighted by Crippen LogP contribution is 2.47. The monoisotopic (exact) mass is 411 g/mol. The Hall–Kier alpha value is -2.71. The summed E-state index contributed by atoms with van der Waals surface area (Å²) in [5, 5.41) is 5.22. The van der Waals surface area contributed by atoms with Crippen LogP contribution < -0.4 is 16.6 Å². The molecule has 0 saturated heterocycles. The minimum Gasteiger partial charge on any atom is -0.344 e. The molecule has 0 amide bonds. The Morgan fingerprint density at radius 3 is 2.61 bits per heavy atom. The van der Waals surface area contributed by atoms with Crippen LogP contribution in [0.3, 0.4) is 0 Å². The first-order valence-corrected chi connectivity index (χ1v) is 10.7. The van der Waals surface area contributed by atoms with E-state index in [1.54, 1.807) is 22.7 Å². The number of aromatic nitrogens is 2. The van der Waals surface area contributed by atoms with Crippen molar-refractivity contribution < 1.29 is 4.79 Å². The van der Waals surface area contributed by atoms with Gasteiger partial charge in [-0.25, -0.2) is 4.79 Å². The van der Waals surface area contributed by atoms with Gasteiger partial charge >= 0.3 is 5.69 Å². The molecular formula is C20H17N3O3S2. The highest BCUT2D eigenvalue weighted by molar-refractivity contribution is 7.12. The number of nitrogens with one attached hydrogen (secondary N) is 3. The average Bonchev–Trinajstić information content (AvgIpc) is 3.31. The number of aromatic amines is 2. The molecule has 28 heavy (non-hydrogen) atoms. The average molecular weight is 412 g/mol. The molecule has 2 atom stereocenters. The van der Waals surface area contributed by atoms with Gasteiger partial charge in [-0.3, -0.25) is 19.6 Å². The molecule has 0 fully saturated rings. The zero-order chi connectivity index (χ0) is 19.4. The number of ketones is 1. The van der Waals surface area contributed by atoms with Crippen LogP contribution in [0.15, 0.2) is 50.5 Å². The topological polar surface area (TPSA) is 94.8 Å². The molecule has 142 valence electrons. The SMILES string of the molecule is Cc1ccc(C2C3=C(CC(c4cccs4)CC3=O)Nc3[nH]c(=O)[nH]c(=O)c32)s1. The van der Waals surface area contributed by atoms with E-state index in [9.17, 15) is 14.4 Å². The second-order valence-electron chi connectivity index (χ2n) is 7.14. The number of fused-ring (bicyclic) bond motifs is 1. The van der Waals surface area contributed by atoms with Gasteiger partial charge < -0.3 is 5.32 Å². The molecule has 1 aliphatic carbocycles. The van der Waals surface area contributed by atoms with Crippen LogP contribution in [0.1, 0.15) is 44.9 Å². The minimum absolute atomic E-state index is 0.0550. The highest BCUT2D eigenvalue weighted by Gasteiger charge is 2.40. The number of thiophene rings is 2. The summed E-state index contributed by atoms with van der Waals surface area (Å²) in [5.74, 6) is 0.102. The molecule has 3 aromatic heterocycles. The van der Waals surface area contributed by atoms with E-state index < -0.39 is 17.2 Å². The van der Waals surface area contributed by atoms with Crippen LogP contribution in [-0.2, 0) is 4.79 Å². The van der Waals surface area contributed by atoms with Crippen molar-refractivity contribution in [3.05, 3.63) is 81.9 Å². The number of carbonyl (C=O) groups is 1. The third kappa shape index (κ3) is 2.71. The van der Waals surface area contributed by atoms with Crippen molar-refractivity contribution in [2.75, 3.05) is 5.32 Å². The summed E-state index contributed by atoms with van der Waals surface area (Å²) in [7, 11) is 0. The first-order chi connectivity index (χ1) is 13.5. The van der Waals surface area contributed by atoms with Crippen LogP contribution in [0, 0.1) is 6.92 Å². The number of H-pyrrole nitrogens is 2. The molecule has 6 nitrogen and oxygen atoms in total. The molecule has 0 saturated carbocycles. The molecule has 4 heterocycles. The number of allylic oxidation sites excluding steroid dienone is 2. The Balaban J connectivity index is 1.70. The number of anilines is 1. The van der Waals surface area contributed by atoms with Crippen molar-refractivity contribution in [3.63, 3.8) is 0 Å². The van der Waals surface area contributed by atoms with Crippen LogP contribution in [0.4, 0.5) is 5.82 Å². The Kier molecular flexibility index (Phi) is 3.99. The van der Waals surface area contributed by atoms with Crippen LogP contribution in [0.5, 0.6) is 0 Å². The number of rotatable bonds is 2. The van der Waals surface area contributed by atoms with Gasteiger partial charge in [0.25, 0.3) is 5.56 Å². The number of aryl methyl sites for hydroxylation is 1. The lowest BCUT2D eigenvalue weighted by Gasteiger charge is -2.34. The Bertz CT molecular complexity index is 1230. The third-order valence-corrected chi connectivity index (χ3v) is 7.43. The summed E-state index contributed by atoms with van der Waals surface area (Å²) in [5.41, 5.74) is 0.850. The zero-order valence-corrected chi connectivity index (χ0v) is 16.6. The van der Waals surface area contributed by atoms with Crippen LogP contribution in [0.25, 0.3) is 0 Å². The van der Waals surface area contributed by atoms with Gasteiger partial charge in [-0.1, -0.05) is 6.07 Å². The molecule has 0 aromatic carbocycles. The fraction of sp³-hybridized carbons (Fsp3) is 0.250. The second-order valence-corrected chi connectivity index (χ2v) is 9.44. The van der Waals surface area contributed by atoms with Crippen molar-refractivity contribution in [1.82, 2.24) is 9.97 Å². The smallest absolute Gasteiger partial charge is 0.327 e. The molecular weight excluding hydrogens is 394 g/mol. The van der Waals surface area contributed by atoms with Gasteiger partial charge in [0.05, 0.1) is 11.5 Å². The van der Waals surface area contributed by atoms with Crippen LogP contribution in [0.2, 0.25) is 0 Å². The van der Waals surface area contributed by atoms with Crippen LogP contribution >= 0.6 is 22.7 Å². The molecule has 3 aromatic rings. The third-order valence-electron chi connectivity index (χ3n) is 5.33. The van der Waals surface area contributed by atoms with Crippen LogP contribution in [-0.4, -0.2) is 15.8 Å². The van der Waals surface area contributed by atoms with E-state index >= 15 is 0 Å². The van der Waals surface area contributed by atoms with Gasteiger partial charge in [-0.05, 0) is 36.9 Å². The van der Waals surface area contributed by atoms with Crippen molar-refractivity contribution in [3.8, 4) is 0 Å². The van der Waals surface area contributed by atoms with E-state index in [0.717, 1.165) is 15.5 Å². The Morgan fingerprint density at radius 1 is 1.04 bits per heavy atom. The summed E-state index contributed by atoms with van der Waals surface area (Å²) >= 11 is 3.22. The van der Waals surface area contributed by atoms with E-state index in [0.29, 0.717) is 29.8 Å². The molecule has 0 radical (unpaired) electrons.